The molecule has 214 valence electrons. The van der Waals surface area contributed by atoms with Crippen molar-refractivity contribution in [2.45, 2.75) is 98.3 Å². The Morgan fingerprint density at radius 3 is 2.37 bits per heavy atom. The molecule has 0 spiro atoms. The second-order valence-electron chi connectivity index (χ2n) is 8.77. The van der Waals surface area contributed by atoms with Crippen molar-refractivity contribution in [1.82, 2.24) is 20.1 Å². The van der Waals surface area contributed by atoms with Crippen molar-refractivity contribution in [3.8, 4) is 0 Å². The number of aryl methyl sites for hydroxylation is 2. The van der Waals surface area contributed by atoms with Gasteiger partial charge in [0, 0.05) is 31.8 Å². The largest absolute Gasteiger partial charge is 0.356 e. The second kappa shape index (κ2) is 25.2. The van der Waals surface area contributed by atoms with Gasteiger partial charge in [0.1, 0.15) is 11.6 Å². The predicted molar refractivity (Wildman–Crippen MR) is 168 cm³/mol. The van der Waals surface area contributed by atoms with Crippen molar-refractivity contribution in [3.63, 3.8) is 0 Å². The first kappa shape index (κ1) is 35.9. The Morgan fingerprint density at radius 2 is 1.76 bits per heavy atom. The maximum Gasteiger partial charge on any atom is 0.219 e. The minimum atomic E-state index is 0.150. The summed E-state index contributed by atoms with van der Waals surface area (Å²) in [5.41, 5.74) is 2.54. The van der Waals surface area contributed by atoms with Crippen LogP contribution in [-0.4, -0.2) is 38.8 Å². The van der Waals surface area contributed by atoms with Gasteiger partial charge in [-0.15, -0.1) is 28.4 Å². The molecular weight excluding hydrogens is 512 g/mol. The minimum absolute atomic E-state index is 0.150. The number of thioether (sulfide) groups is 1. The van der Waals surface area contributed by atoms with E-state index >= 15 is 0 Å². The number of hydrogen-bond donors (Lipinski definition) is 1. The zero-order valence-corrected chi connectivity index (χ0v) is 26.0. The Kier molecular flexibility index (Phi) is 23.9. The summed E-state index contributed by atoms with van der Waals surface area (Å²) in [5, 5.41) is 11.9. The number of rotatable bonds is 17. The van der Waals surface area contributed by atoms with Crippen LogP contribution in [0.4, 0.5) is 0 Å². The topological polar surface area (TPSA) is 59.8 Å². The lowest BCUT2D eigenvalue weighted by Crippen LogP contribution is -2.23. The molecule has 0 bridgehead atoms. The maximum atomic E-state index is 11.8. The first-order valence-corrected chi connectivity index (χ1v) is 15.8. The number of alkyl halides is 1. The Morgan fingerprint density at radius 1 is 1.05 bits per heavy atom. The van der Waals surface area contributed by atoms with Crippen LogP contribution in [0, 0.1) is 0 Å². The average molecular weight is 563 g/mol. The molecule has 0 saturated heterocycles. The van der Waals surface area contributed by atoms with E-state index in [0.717, 1.165) is 81.2 Å². The molecule has 5 nitrogen and oxygen atoms in total. The highest BCUT2D eigenvalue weighted by Crippen LogP contribution is 2.17. The molecule has 7 heteroatoms. The Bertz CT molecular complexity index is 877. The van der Waals surface area contributed by atoms with Crippen molar-refractivity contribution in [3.05, 3.63) is 71.8 Å². The highest BCUT2D eigenvalue weighted by molar-refractivity contribution is 7.98. The molecule has 1 aromatic carbocycles. The molecule has 1 N–H and O–H groups in total. The number of nitrogens with one attached hydrogen (secondary N) is 1. The van der Waals surface area contributed by atoms with Crippen molar-refractivity contribution in [2.24, 2.45) is 0 Å². The van der Waals surface area contributed by atoms with Crippen LogP contribution in [0.25, 0.3) is 0 Å². The number of nitrogens with zero attached hydrogens (tertiary/aromatic N) is 3. The van der Waals surface area contributed by atoms with Gasteiger partial charge in [0.15, 0.2) is 0 Å². The monoisotopic (exact) mass is 562 g/mol. The second-order valence-corrected chi connectivity index (χ2v) is 10.2. The van der Waals surface area contributed by atoms with Gasteiger partial charge in [0.25, 0.3) is 0 Å². The van der Waals surface area contributed by atoms with Crippen molar-refractivity contribution < 1.29 is 4.79 Å². The molecule has 2 aromatic rings. The number of benzene rings is 1. The number of carbonyl (C=O) groups excluding carboxylic acids is 1. The number of halogens is 1. The van der Waals surface area contributed by atoms with Crippen LogP contribution in [-0.2, 0) is 29.9 Å². The first-order chi connectivity index (χ1) is 18.5. The van der Waals surface area contributed by atoms with Crippen LogP contribution >= 0.6 is 23.4 Å². The molecule has 1 amide bonds. The molecule has 0 fully saturated rings. The predicted octanol–water partition coefficient (Wildman–Crippen LogP) is 8.18. The van der Waals surface area contributed by atoms with Gasteiger partial charge < -0.3 is 9.88 Å². The van der Waals surface area contributed by atoms with E-state index in [4.69, 9.17) is 11.6 Å². The van der Waals surface area contributed by atoms with E-state index in [9.17, 15) is 4.79 Å². The van der Waals surface area contributed by atoms with Crippen molar-refractivity contribution >= 4 is 29.3 Å². The van der Waals surface area contributed by atoms with E-state index in [2.05, 4.69) is 71.7 Å². The fourth-order valence-corrected chi connectivity index (χ4v) is 4.53. The smallest absolute Gasteiger partial charge is 0.219 e. The van der Waals surface area contributed by atoms with E-state index in [0.29, 0.717) is 12.3 Å². The lowest BCUT2D eigenvalue weighted by atomic mass is 10.1. The lowest BCUT2D eigenvalue weighted by molar-refractivity contribution is -0.121. The molecule has 38 heavy (non-hydrogen) atoms. The molecule has 0 atom stereocenters. The summed E-state index contributed by atoms with van der Waals surface area (Å²) >= 11 is 7.18. The third-order valence-electron chi connectivity index (χ3n) is 5.39. The molecule has 0 aliphatic carbocycles. The summed E-state index contributed by atoms with van der Waals surface area (Å²) in [4.78, 5) is 11.8. The molecule has 2 rings (SSSR count). The number of hydrogen-bond acceptors (Lipinski definition) is 4. The van der Waals surface area contributed by atoms with Gasteiger partial charge in [-0.3, -0.25) is 4.79 Å². The zero-order chi connectivity index (χ0) is 28.4. The van der Waals surface area contributed by atoms with E-state index in [-0.39, 0.29) is 5.91 Å². The Hall–Kier alpha value is -2.05. The van der Waals surface area contributed by atoms with Crippen LogP contribution in [0.3, 0.4) is 0 Å². The third kappa shape index (κ3) is 18.2. The molecule has 1 heterocycles. The molecule has 0 radical (unpaired) electrons. The normalized spacial score (nSPS) is 10.4. The molecule has 0 unspecified atom stereocenters. The quantitative estimate of drug-likeness (QED) is 0.120. The van der Waals surface area contributed by atoms with Crippen LogP contribution < -0.4 is 5.32 Å². The number of unbranched alkanes of at least 4 members (excludes halogenated alkanes) is 1. The van der Waals surface area contributed by atoms with Gasteiger partial charge in [-0.1, -0.05) is 75.8 Å². The van der Waals surface area contributed by atoms with Crippen LogP contribution in [0.5, 0.6) is 0 Å². The SMILES string of the molecule is C=C(C)CCSCc1nnc(CCCCC(=O)NCCC)n1CCc1ccccc1.CC.CC/C=C\CCl. The van der Waals surface area contributed by atoms with Crippen molar-refractivity contribution in [1.29, 1.82) is 0 Å². The van der Waals surface area contributed by atoms with Gasteiger partial charge >= 0.3 is 0 Å². The minimum Gasteiger partial charge on any atom is -0.356 e. The van der Waals surface area contributed by atoms with Gasteiger partial charge in [0.05, 0.1) is 5.75 Å². The molecular formula is C31H51ClN4OS. The van der Waals surface area contributed by atoms with Gasteiger partial charge in [0.2, 0.25) is 5.91 Å². The Labute approximate surface area is 241 Å². The third-order valence-corrected chi connectivity index (χ3v) is 6.53. The number of aromatic nitrogens is 3. The zero-order valence-electron chi connectivity index (χ0n) is 24.5. The summed E-state index contributed by atoms with van der Waals surface area (Å²) in [6.45, 7) is 15.9. The van der Waals surface area contributed by atoms with E-state index in [1.165, 1.54) is 11.1 Å². The van der Waals surface area contributed by atoms with Crippen molar-refractivity contribution in [2.75, 3.05) is 18.2 Å². The Balaban J connectivity index is 0.00000150. The molecule has 0 aliphatic rings. The van der Waals surface area contributed by atoms with E-state index in [1.807, 2.05) is 43.8 Å². The summed E-state index contributed by atoms with van der Waals surface area (Å²) < 4.78 is 2.29. The summed E-state index contributed by atoms with van der Waals surface area (Å²) in [5.74, 6) is 4.81. The number of amides is 1. The highest BCUT2D eigenvalue weighted by atomic mass is 35.5. The van der Waals surface area contributed by atoms with Crippen LogP contribution in [0.2, 0.25) is 0 Å². The summed E-state index contributed by atoms with van der Waals surface area (Å²) in [6.07, 6.45) is 11.3. The van der Waals surface area contributed by atoms with E-state index < -0.39 is 0 Å². The molecule has 0 aliphatic heterocycles. The standard InChI is InChI=1S/C24H36N4OS.C5H9Cl.C2H6/c1-4-16-25-24(29)13-9-8-12-22-26-27-23(19-30-18-15-20(2)3)28(22)17-14-21-10-6-5-7-11-21;1-2-3-4-5-6;1-2/h5-7,10-11H,2,4,8-9,12-19H2,1,3H3,(H,25,29);3-4H,2,5H2,1H3;1-2H3/b;4-3-;. The summed E-state index contributed by atoms with van der Waals surface area (Å²) in [7, 11) is 0. The first-order valence-electron chi connectivity index (χ1n) is 14.2. The molecule has 1 aromatic heterocycles. The number of allylic oxidation sites excluding steroid dienone is 3. The number of carbonyl (C=O) groups is 1. The van der Waals surface area contributed by atoms with Crippen LogP contribution in [0.15, 0.2) is 54.6 Å². The highest BCUT2D eigenvalue weighted by Gasteiger charge is 2.12. The average Bonchev–Trinajstić information content (AvgIpc) is 3.33. The molecule has 0 saturated carbocycles. The van der Waals surface area contributed by atoms with Gasteiger partial charge in [-0.25, -0.2) is 0 Å². The van der Waals surface area contributed by atoms with Crippen LogP contribution in [0.1, 0.15) is 90.4 Å². The van der Waals surface area contributed by atoms with Gasteiger partial charge in [-0.2, -0.15) is 11.8 Å². The van der Waals surface area contributed by atoms with E-state index in [1.54, 1.807) is 0 Å². The fourth-order valence-electron chi connectivity index (χ4n) is 3.37. The lowest BCUT2D eigenvalue weighted by Gasteiger charge is -2.11. The van der Waals surface area contributed by atoms with Gasteiger partial charge in [-0.05, 0) is 56.8 Å². The fraction of sp³-hybridized carbons (Fsp3) is 0.581. The maximum absolute atomic E-state index is 11.8. The summed E-state index contributed by atoms with van der Waals surface area (Å²) in [6, 6.07) is 10.6.